The summed E-state index contributed by atoms with van der Waals surface area (Å²) < 4.78 is 12.8. The van der Waals surface area contributed by atoms with Gasteiger partial charge in [-0.3, -0.25) is 14.5 Å². The molecule has 0 radical (unpaired) electrons. The van der Waals surface area contributed by atoms with Crippen LogP contribution < -0.4 is 10.6 Å². The fourth-order valence-corrected chi connectivity index (χ4v) is 1.84. The van der Waals surface area contributed by atoms with Crippen molar-refractivity contribution in [2.75, 3.05) is 18.9 Å². The van der Waals surface area contributed by atoms with E-state index in [0.29, 0.717) is 11.7 Å². The number of benzene rings is 1. The Kier molecular flexibility index (Phi) is 4.90. The minimum atomic E-state index is -0.458. The molecule has 1 aromatic rings. The van der Waals surface area contributed by atoms with Gasteiger partial charge in [0.1, 0.15) is 5.82 Å². The molecule has 114 valence electrons. The molecule has 0 saturated heterocycles. The van der Waals surface area contributed by atoms with E-state index in [1.54, 1.807) is 18.9 Å². The Morgan fingerprint density at radius 1 is 1.33 bits per heavy atom. The van der Waals surface area contributed by atoms with E-state index in [2.05, 4.69) is 10.6 Å². The van der Waals surface area contributed by atoms with Crippen LogP contribution >= 0.6 is 0 Å². The molecular weight excluding hydrogens is 273 g/mol. The summed E-state index contributed by atoms with van der Waals surface area (Å²) in [7, 11) is 1.72. The van der Waals surface area contributed by atoms with Crippen molar-refractivity contribution >= 4 is 17.5 Å². The van der Waals surface area contributed by atoms with Crippen LogP contribution in [0.1, 0.15) is 19.8 Å². The second kappa shape index (κ2) is 6.67. The number of carbonyl (C=O) groups excluding carboxylic acids is 2. The summed E-state index contributed by atoms with van der Waals surface area (Å²) in [6.07, 6.45) is 2.08. The number of anilines is 1. The Bertz CT molecular complexity index is 514. The Balaban J connectivity index is 1.82. The third-order valence-corrected chi connectivity index (χ3v) is 3.49. The van der Waals surface area contributed by atoms with Crippen molar-refractivity contribution in [2.24, 2.45) is 0 Å². The normalized spacial score (nSPS) is 15.6. The molecule has 0 aromatic heterocycles. The summed E-state index contributed by atoms with van der Waals surface area (Å²) >= 11 is 0. The van der Waals surface area contributed by atoms with E-state index in [4.69, 9.17) is 0 Å². The van der Waals surface area contributed by atoms with Crippen LogP contribution in [-0.4, -0.2) is 42.4 Å². The molecule has 0 aliphatic heterocycles. The van der Waals surface area contributed by atoms with Gasteiger partial charge in [-0.2, -0.15) is 0 Å². The topological polar surface area (TPSA) is 61.4 Å². The molecule has 2 N–H and O–H groups in total. The highest BCUT2D eigenvalue weighted by Crippen LogP contribution is 2.18. The van der Waals surface area contributed by atoms with Gasteiger partial charge in [0.05, 0.1) is 12.6 Å². The van der Waals surface area contributed by atoms with E-state index < -0.39 is 6.04 Å². The number of rotatable bonds is 6. The smallest absolute Gasteiger partial charge is 0.241 e. The van der Waals surface area contributed by atoms with E-state index in [9.17, 15) is 14.0 Å². The summed E-state index contributed by atoms with van der Waals surface area (Å²) in [5.74, 6) is -0.653. The molecule has 2 amide bonds. The molecule has 0 heterocycles. The van der Waals surface area contributed by atoms with Gasteiger partial charge < -0.3 is 10.6 Å². The Labute approximate surface area is 123 Å². The van der Waals surface area contributed by atoms with Crippen LogP contribution in [-0.2, 0) is 9.59 Å². The highest BCUT2D eigenvalue weighted by Gasteiger charge is 2.25. The van der Waals surface area contributed by atoms with Gasteiger partial charge in [0.15, 0.2) is 0 Å². The number of hydrogen-bond donors (Lipinski definition) is 2. The lowest BCUT2D eigenvalue weighted by molar-refractivity contribution is -0.124. The van der Waals surface area contributed by atoms with Gasteiger partial charge in [0.2, 0.25) is 11.8 Å². The second-order valence-electron chi connectivity index (χ2n) is 5.43. The van der Waals surface area contributed by atoms with E-state index in [1.165, 1.54) is 24.3 Å². The van der Waals surface area contributed by atoms with Gasteiger partial charge in [-0.05, 0) is 51.1 Å². The molecule has 1 aromatic carbocycles. The molecule has 1 fully saturated rings. The molecule has 5 nitrogen and oxygen atoms in total. The third kappa shape index (κ3) is 4.82. The van der Waals surface area contributed by atoms with Crippen molar-refractivity contribution in [2.45, 2.75) is 31.8 Å². The van der Waals surface area contributed by atoms with E-state index in [0.717, 1.165) is 12.8 Å². The average molecular weight is 293 g/mol. The van der Waals surface area contributed by atoms with Crippen LogP contribution in [0.2, 0.25) is 0 Å². The molecule has 0 unspecified atom stereocenters. The van der Waals surface area contributed by atoms with Crippen molar-refractivity contribution in [3.63, 3.8) is 0 Å². The second-order valence-corrected chi connectivity index (χ2v) is 5.43. The number of likely N-dealkylation sites (N-methyl/N-ethyl adjacent to an activating group) is 1. The van der Waals surface area contributed by atoms with Crippen LogP contribution in [0.25, 0.3) is 0 Å². The minimum absolute atomic E-state index is 0.0681. The zero-order valence-corrected chi connectivity index (χ0v) is 12.2. The van der Waals surface area contributed by atoms with Gasteiger partial charge in [-0.25, -0.2) is 4.39 Å². The summed E-state index contributed by atoms with van der Waals surface area (Å²) in [4.78, 5) is 25.5. The Hall–Kier alpha value is -1.95. The van der Waals surface area contributed by atoms with Crippen LogP contribution in [0.4, 0.5) is 10.1 Å². The number of nitrogens with zero attached hydrogens (tertiary/aromatic N) is 1. The van der Waals surface area contributed by atoms with Crippen molar-refractivity contribution in [1.82, 2.24) is 10.2 Å². The molecule has 1 aliphatic carbocycles. The standard InChI is InChI=1S/C15H20FN3O2/c1-10(19(2)9-14(20)17-12-7-8-12)15(21)18-13-5-3-11(16)4-6-13/h3-6,10,12H,7-9H2,1-2H3,(H,17,20)(H,18,21)/t10-/m0/s1. The zero-order chi connectivity index (χ0) is 15.4. The maximum atomic E-state index is 12.8. The van der Waals surface area contributed by atoms with Crippen LogP contribution in [0.5, 0.6) is 0 Å². The van der Waals surface area contributed by atoms with Gasteiger partial charge >= 0.3 is 0 Å². The SMILES string of the molecule is C[C@@H](C(=O)Nc1ccc(F)cc1)N(C)CC(=O)NC1CC1. The first-order valence-corrected chi connectivity index (χ1v) is 7.01. The Morgan fingerprint density at radius 2 is 1.95 bits per heavy atom. The van der Waals surface area contributed by atoms with Crippen molar-refractivity contribution in [3.8, 4) is 0 Å². The Morgan fingerprint density at radius 3 is 2.52 bits per heavy atom. The first kappa shape index (κ1) is 15.4. The van der Waals surface area contributed by atoms with Crippen LogP contribution in [0.15, 0.2) is 24.3 Å². The lowest BCUT2D eigenvalue weighted by Gasteiger charge is -2.23. The monoisotopic (exact) mass is 293 g/mol. The predicted octanol–water partition coefficient (Wildman–Crippen LogP) is 1.36. The lowest BCUT2D eigenvalue weighted by atomic mass is 10.2. The molecule has 1 aliphatic rings. The number of nitrogens with one attached hydrogen (secondary N) is 2. The van der Waals surface area contributed by atoms with E-state index >= 15 is 0 Å². The first-order chi connectivity index (χ1) is 9.95. The van der Waals surface area contributed by atoms with Gasteiger partial charge in [0, 0.05) is 11.7 Å². The number of carbonyl (C=O) groups is 2. The molecule has 6 heteroatoms. The molecule has 2 rings (SSSR count). The summed E-state index contributed by atoms with van der Waals surface area (Å²) in [6.45, 7) is 1.90. The van der Waals surface area contributed by atoms with Gasteiger partial charge in [0.25, 0.3) is 0 Å². The first-order valence-electron chi connectivity index (χ1n) is 7.01. The highest BCUT2D eigenvalue weighted by atomic mass is 19.1. The third-order valence-electron chi connectivity index (χ3n) is 3.49. The lowest BCUT2D eigenvalue weighted by Crippen LogP contribution is -2.45. The van der Waals surface area contributed by atoms with Crippen LogP contribution in [0, 0.1) is 5.82 Å². The van der Waals surface area contributed by atoms with Crippen LogP contribution in [0.3, 0.4) is 0 Å². The summed E-state index contributed by atoms with van der Waals surface area (Å²) in [6, 6.07) is 5.42. The number of hydrogen-bond acceptors (Lipinski definition) is 3. The molecule has 1 saturated carbocycles. The molecule has 0 bridgehead atoms. The van der Waals surface area contributed by atoms with Gasteiger partial charge in [-0.15, -0.1) is 0 Å². The minimum Gasteiger partial charge on any atom is -0.352 e. The molecule has 1 atom stereocenters. The summed E-state index contributed by atoms with van der Waals surface area (Å²) in [5.41, 5.74) is 0.532. The maximum Gasteiger partial charge on any atom is 0.241 e. The molecule has 21 heavy (non-hydrogen) atoms. The maximum absolute atomic E-state index is 12.8. The van der Waals surface area contributed by atoms with E-state index in [-0.39, 0.29) is 24.2 Å². The highest BCUT2D eigenvalue weighted by molar-refractivity contribution is 5.94. The summed E-state index contributed by atoms with van der Waals surface area (Å²) in [5, 5.41) is 5.58. The van der Waals surface area contributed by atoms with E-state index in [1.807, 2.05) is 0 Å². The fourth-order valence-electron chi connectivity index (χ4n) is 1.84. The molecular formula is C15H20FN3O2. The quantitative estimate of drug-likeness (QED) is 0.832. The number of halogens is 1. The fraction of sp³-hybridized carbons (Fsp3) is 0.467. The van der Waals surface area contributed by atoms with Crippen molar-refractivity contribution < 1.29 is 14.0 Å². The largest absolute Gasteiger partial charge is 0.352 e. The number of amides is 2. The molecule has 0 spiro atoms. The van der Waals surface area contributed by atoms with Crippen molar-refractivity contribution in [1.29, 1.82) is 0 Å². The zero-order valence-electron chi connectivity index (χ0n) is 12.2. The van der Waals surface area contributed by atoms with Crippen molar-refractivity contribution in [3.05, 3.63) is 30.1 Å². The average Bonchev–Trinajstić information content (AvgIpc) is 3.24. The predicted molar refractivity (Wildman–Crippen MR) is 78.3 cm³/mol. The van der Waals surface area contributed by atoms with Gasteiger partial charge in [-0.1, -0.05) is 0 Å².